The molecule has 0 unspecified atom stereocenters. The molecular formula is C27H23N5O2. The Bertz CT molecular complexity index is 1560. The molecule has 0 aliphatic carbocycles. The second-order valence-corrected chi connectivity index (χ2v) is 9.18. The molecule has 5 heterocycles. The van der Waals surface area contributed by atoms with Crippen LogP contribution in [-0.4, -0.2) is 43.8 Å². The molecule has 7 rings (SSSR count). The third kappa shape index (κ3) is 2.90. The zero-order valence-corrected chi connectivity index (χ0v) is 18.5. The molecule has 3 aromatic heterocycles. The van der Waals surface area contributed by atoms with Crippen LogP contribution in [0.3, 0.4) is 0 Å². The molecule has 0 saturated carbocycles. The van der Waals surface area contributed by atoms with Crippen molar-refractivity contribution in [3.8, 4) is 11.1 Å². The molecule has 2 aliphatic rings. The molecular weight excluding hydrogens is 426 g/mol. The SMILES string of the molecule is O=C(c1cc2cccc(-c3cnc4nc[nH]c4c3)c2[nH]1)N1CCC2(CC1)OCc1ccccc12. The highest BCUT2D eigenvalue weighted by Gasteiger charge is 2.43. The number of carbonyl (C=O) groups is 1. The molecule has 168 valence electrons. The van der Waals surface area contributed by atoms with Crippen molar-refractivity contribution in [3.63, 3.8) is 0 Å². The average molecular weight is 450 g/mol. The molecule has 2 aliphatic heterocycles. The van der Waals surface area contributed by atoms with Gasteiger partial charge in [0, 0.05) is 35.8 Å². The van der Waals surface area contributed by atoms with Gasteiger partial charge in [-0.2, -0.15) is 0 Å². The Labute approximate surface area is 195 Å². The minimum atomic E-state index is -0.251. The number of amides is 1. The van der Waals surface area contributed by atoms with Crippen LogP contribution in [0.1, 0.15) is 34.5 Å². The van der Waals surface area contributed by atoms with Crippen LogP contribution in [0.2, 0.25) is 0 Å². The lowest BCUT2D eigenvalue weighted by atomic mass is 9.84. The maximum atomic E-state index is 13.4. The van der Waals surface area contributed by atoms with Gasteiger partial charge in [-0.25, -0.2) is 9.97 Å². The standard InChI is InChI=1S/C27H23N5O2/c33-26(32-10-8-27(9-11-32)21-7-2-1-4-18(21)15-34-27)23-12-17-5-3-6-20(24(17)31-23)19-13-22-25(28-14-19)30-16-29-22/h1-7,12-14,16,31H,8-11,15H2,(H,28,29,30). The third-order valence-corrected chi connectivity index (χ3v) is 7.34. The number of benzene rings is 2. The van der Waals surface area contributed by atoms with Gasteiger partial charge in [-0.15, -0.1) is 0 Å². The third-order valence-electron chi connectivity index (χ3n) is 7.34. The van der Waals surface area contributed by atoms with Gasteiger partial charge in [0.1, 0.15) is 5.69 Å². The van der Waals surface area contributed by atoms with Crippen molar-refractivity contribution in [1.29, 1.82) is 0 Å². The molecule has 2 aromatic carbocycles. The van der Waals surface area contributed by atoms with Gasteiger partial charge >= 0.3 is 0 Å². The second kappa shape index (κ2) is 7.27. The zero-order valence-electron chi connectivity index (χ0n) is 18.5. The van der Waals surface area contributed by atoms with Crippen molar-refractivity contribution < 1.29 is 9.53 Å². The molecule has 1 saturated heterocycles. The van der Waals surface area contributed by atoms with E-state index in [4.69, 9.17) is 4.74 Å². The molecule has 7 nitrogen and oxygen atoms in total. The van der Waals surface area contributed by atoms with Crippen molar-refractivity contribution in [2.24, 2.45) is 0 Å². The van der Waals surface area contributed by atoms with Crippen molar-refractivity contribution in [2.75, 3.05) is 13.1 Å². The number of hydrogen-bond donors (Lipinski definition) is 2. The van der Waals surface area contributed by atoms with Gasteiger partial charge in [-0.1, -0.05) is 42.5 Å². The number of nitrogens with zero attached hydrogens (tertiary/aromatic N) is 3. The van der Waals surface area contributed by atoms with E-state index in [2.05, 4.69) is 44.2 Å². The Kier molecular flexibility index (Phi) is 4.17. The number of pyridine rings is 1. The number of hydrogen-bond acceptors (Lipinski definition) is 4. The summed E-state index contributed by atoms with van der Waals surface area (Å²) < 4.78 is 6.26. The number of fused-ring (bicyclic) bond motifs is 4. The lowest BCUT2D eigenvalue weighted by Gasteiger charge is -2.39. The minimum absolute atomic E-state index is 0.0328. The first kappa shape index (κ1) is 19.5. The smallest absolute Gasteiger partial charge is 0.270 e. The molecule has 0 radical (unpaired) electrons. The molecule has 1 amide bonds. The summed E-state index contributed by atoms with van der Waals surface area (Å²) in [7, 11) is 0. The molecule has 0 bridgehead atoms. The number of likely N-dealkylation sites (tertiary alicyclic amines) is 1. The van der Waals surface area contributed by atoms with Gasteiger partial charge in [0.15, 0.2) is 5.65 Å². The van der Waals surface area contributed by atoms with Crippen LogP contribution < -0.4 is 0 Å². The summed E-state index contributed by atoms with van der Waals surface area (Å²) in [5.41, 5.74) is 7.42. The van der Waals surface area contributed by atoms with Crippen molar-refractivity contribution in [1.82, 2.24) is 24.8 Å². The summed E-state index contributed by atoms with van der Waals surface area (Å²) in [6.07, 6.45) is 5.10. The zero-order chi connectivity index (χ0) is 22.7. The lowest BCUT2D eigenvalue weighted by Crippen LogP contribution is -2.45. The van der Waals surface area contributed by atoms with E-state index in [-0.39, 0.29) is 11.5 Å². The molecule has 1 fully saturated rings. The van der Waals surface area contributed by atoms with E-state index < -0.39 is 0 Å². The minimum Gasteiger partial charge on any atom is -0.365 e. The molecule has 34 heavy (non-hydrogen) atoms. The number of aromatic amines is 2. The first-order valence-electron chi connectivity index (χ1n) is 11.6. The summed E-state index contributed by atoms with van der Waals surface area (Å²) in [6.45, 7) is 2.01. The molecule has 1 spiro atoms. The largest absolute Gasteiger partial charge is 0.365 e. The van der Waals surface area contributed by atoms with E-state index in [1.54, 1.807) is 6.33 Å². The van der Waals surface area contributed by atoms with Crippen LogP contribution in [0.25, 0.3) is 33.2 Å². The fourth-order valence-electron chi connectivity index (χ4n) is 5.53. The average Bonchev–Trinajstić information content (AvgIpc) is 3.61. The number of para-hydroxylation sites is 1. The molecule has 2 N–H and O–H groups in total. The number of H-pyrrole nitrogens is 2. The highest BCUT2D eigenvalue weighted by atomic mass is 16.5. The highest BCUT2D eigenvalue weighted by Crippen LogP contribution is 2.44. The number of nitrogens with one attached hydrogen (secondary N) is 2. The number of aromatic nitrogens is 4. The normalized spacial score (nSPS) is 17.0. The van der Waals surface area contributed by atoms with E-state index in [1.807, 2.05) is 41.4 Å². The first-order valence-corrected chi connectivity index (χ1v) is 11.6. The number of imidazole rings is 1. The molecule has 0 atom stereocenters. The molecule has 7 heteroatoms. The van der Waals surface area contributed by atoms with Gasteiger partial charge in [0.05, 0.1) is 29.6 Å². The summed E-state index contributed by atoms with van der Waals surface area (Å²) in [5, 5.41) is 1.01. The van der Waals surface area contributed by atoms with Gasteiger partial charge in [0.25, 0.3) is 5.91 Å². The number of ether oxygens (including phenoxy) is 1. The fourth-order valence-corrected chi connectivity index (χ4v) is 5.53. The van der Waals surface area contributed by atoms with Crippen LogP contribution in [0.4, 0.5) is 0 Å². The second-order valence-electron chi connectivity index (χ2n) is 9.18. The van der Waals surface area contributed by atoms with E-state index in [1.165, 1.54) is 11.1 Å². The Balaban J connectivity index is 1.17. The Hall–Kier alpha value is -3.97. The quantitative estimate of drug-likeness (QED) is 0.407. The Morgan fingerprint density at radius 2 is 1.91 bits per heavy atom. The summed E-state index contributed by atoms with van der Waals surface area (Å²) >= 11 is 0. The van der Waals surface area contributed by atoms with E-state index >= 15 is 0 Å². The Morgan fingerprint density at radius 3 is 2.82 bits per heavy atom. The van der Waals surface area contributed by atoms with Crippen LogP contribution in [-0.2, 0) is 16.9 Å². The summed E-state index contributed by atoms with van der Waals surface area (Å²) in [6, 6.07) is 18.5. The van der Waals surface area contributed by atoms with Gasteiger partial charge in [-0.3, -0.25) is 4.79 Å². The van der Waals surface area contributed by atoms with Crippen LogP contribution in [0.15, 0.2) is 67.1 Å². The van der Waals surface area contributed by atoms with Crippen LogP contribution in [0.5, 0.6) is 0 Å². The maximum absolute atomic E-state index is 13.4. The number of rotatable bonds is 2. The summed E-state index contributed by atoms with van der Waals surface area (Å²) in [4.78, 5) is 30.5. The molecule has 5 aromatic rings. The van der Waals surface area contributed by atoms with Crippen LogP contribution >= 0.6 is 0 Å². The maximum Gasteiger partial charge on any atom is 0.270 e. The Morgan fingerprint density at radius 1 is 1.03 bits per heavy atom. The van der Waals surface area contributed by atoms with Crippen LogP contribution in [0, 0.1) is 0 Å². The topological polar surface area (TPSA) is 86.9 Å². The predicted molar refractivity (Wildman–Crippen MR) is 129 cm³/mol. The van der Waals surface area contributed by atoms with Crippen molar-refractivity contribution >= 4 is 28.0 Å². The first-order chi connectivity index (χ1) is 16.7. The number of carbonyl (C=O) groups excluding carboxylic acids is 1. The predicted octanol–water partition coefficient (Wildman–Crippen LogP) is 4.77. The van der Waals surface area contributed by atoms with E-state index in [0.29, 0.717) is 31.0 Å². The van der Waals surface area contributed by atoms with Gasteiger partial charge in [-0.05, 0) is 36.1 Å². The van der Waals surface area contributed by atoms with E-state index in [9.17, 15) is 4.79 Å². The lowest BCUT2D eigenvalue weighted by molar-refractivity contribution is -0.0742. The fraction of sp³-hybridized carbons (Fsp3) is 0.222. The van der Waals surface area contributed by atoms with E-state index in [0.717, 1.165) is 40.4 Å². The highest BCUT2D eigenvalue weighted by molar-refractivity contribution is 6.02. The van der Waals surface area contributed by atoms with Gasteiger partial charge < -0.3 is 19.6 Å². The monoisotopic (exact) mass is 449 g/mol. The van der Waals surface area contributed by atoms with Crippen molar-refractivity contribution in [3.05, 3.63) is 83.9 Å². The van der Waals surface area contributed by atoms with Crippen molar-refractivity contribution in [2.45, 2.75) is 25.0 Å². The number of piperidine rings is 1. The van der Waals surface area contributed by atoms with Gasteiger partial charge in [0.2, 0.25) is 0 Å². The summed E-state index contributed by atoms with van der Waals surface area (Å²) in [5.74, 6) is 0.0328.